The fourth-order valence-electron chi connectivity index (χ4n) is 2.32. The Kier molecular flexibility index (Phi) is 3.80. The number of benzene rings is 2. The largest absolute Gasteiger partial charge is 0.388 e. The van der Waals surface area contributed by atoms with E-state index in [0.29, 0.717) is 0 Å². The lowest BCUT2D eigenvalue weighted by Gasteiger charge is -2.32. The molecule has 0 saturated heterocycles. The van der Waals surface area contributed by atoms with Crippen LogP contribution >= 0.6 is 0 Å². The average molecular weight is 241 g/mol. The van der Waals surface area contributed by atoms with E-state index < -0.39 is 5.60 Å². The van der Waals surface area contributed by atoms with Gasteiger partial charge in [-0.3, -0.25) is 0 Å². The molecule has 0 unspecified atom stereocenters. The highest BCUT2D eigenvalue weighted by atomic mass is 16.3. The number of hydrogen-bond donors (Lipinski definition) is 2. The summed E-state index contributed by atoms with van der Waals surface area (Å²) in [6.07, 6.45) is 0. The standard InChI is InChI=1S/C16H19NO/c1-16(18,12-17)15(13-8-4-2-5-9-13)14-10-6-3-7-11-14/h2-11,15,18H,12,17H2,1H3/t16-/m1/s1. The molecular weight excluding hydrogens is 222 g/mol. The molecule has 0 heterocycles. The summed E-state index contributed by atoms with van der Waals surface area (Å²) < 4.78 is 0. The van der Waals surface area contributed by atoms with Gasteiger partial charge < -0.3 is 10.8 Å². The van der Waals surface area contributed by atoms with Crippen LogP contribution in [0.2, 0.25) is 0 Å². The van der Waals surface area contributed by atoms with Crippen molar-refractivity contribution in [2.45, 2.75) is 18.4 Å². The molecule has 0 aromatic heterocycles. The Morgan fingerprint density at radius 3 is 1.67 bits per heavy atom. The Hall–Kier alpha value is -1.64. The van der Waals surface area contributed by atoms with Crippen LogP contribution in [-0.4, -0.2) is 17.3 Å². The Morgan fingerprint density at radius 1 is 0.944 bits per heavy atom. The minimum Gasteiger partial charge on any atom is -0.388 e. The summed E-state index contributed by atoms with van der Waals surface area (Å²) in [6, 6.07) is 20.0. The SMILES string of the molecule is C[C@@](O)(CN)C(c1ccccc1)c1ccccc1. The summed E-state index contributed by atoms with van der Waals surface area (Å²) in [5.41, 5.74) is 6.94. The molecule has 2 heteroatoms. The number of aliphatic hydroxyl groups is 1. The van der Waals surface area contributed by atoms with E-state index in [2.05, 4.69) is 0 Å². The fourth-order valence-corrected chi connectivity index (χ4v) is 2.32. The van der Waals surface area contributed by atoms with Crippen LogP contribution in [0.4, 0.5) is 0 Å². The second-order valence-electron chi connectivity index (χ2n) is 4.82. The van der Waals surface area contributed by atoms with Crippen molar-refractivity contribution in [3.63, 3.8) is 0 Å². The van der Waals surface area contributed by atoms with Crippen LogP contribution in [0.25, 0.3) is 0 Å². The van der Waals surface area contributed by atoms with Crippen LogP contribution in [-0.2, 0) is 0 Å². The zero-order valence-corrected chi connectivity index (χ0v) is 10.6. The van der Waals surface area contributed by atoms with E-state index >= 15 is 0 Å². The van der Waals surface area contributed by atoms with Crippen molar-refractivity contribution in [1.29, 1.82) is 0 Å². The first-order valence-corrected chi connectivity index (χ1v) is 6.17. The molecule has 0 saturated carbocycles. The third-order valence-electron chi connectivity index (χ3n) is 3.30. The van der Waals surface area contributed by atoms with Crippen LogP contribution in [0.5, 0.6) is 0 Å². The topological polar surface area (TPSA) is 46.2 Å². The highest BCUT2D eigenvalue weighted by molar-refractivity contribution is 5.35. The predicted octanol–water partition coefficient (Wildman–Crippen LogP) is 2.53. The molecule has 0 aliphatic heterocycles. The molecule has 18 heavy (non-hydrogen) atoms. The lowest BCUT2D eigenvalue weighted by Crippen LogP contribution is -2.41. The van der Waals surface area contributed by atoms with Gasteiger partial charge in [-0.1, -0.05) is 60.7 Å². The van der Waals surface area contributed by atoms with E-state index in [0.717, 1.165) is 11.1 Å². The Bertz CT molecular complexity index is 439. The van der Waals surface area contributed by atoms with Gasteiger partial charge in [0.2, 0.25) is 0 Å². The third-order valence-corrected chi connectivity index (χ3v) is 3.30. The van der Waals surface area contributed by atoms with Crippen molar-refractivity contribution in [1.82, 2.24) is 0 Å². The highest BCUT2D eigenvalue weighted by Crippen LogP contribution is 2.34. The number of hydrogen-bond acceptors (Lipinski definition) is 2. The molecule has 0 aliphatic carbocycles. The van der Waals surface area contributed by atoms with E-state index in [1.807, 2.05) is 60.7 Å². The van der Waals surface area contributed by atoms with Crippen molar-refractivity contribution in [3.8, 4) is 0 Å². The first kappa shape index (κ1) is 12.8. The van der Waals surface area contributed by atoms with Gasteiger partial charge >= 0.3 is 0 Å². The quantitative estimate of drug-likeness (QED) is 0.864. The molecule has 0 spiro atoms. The Morgan fingerprint density at radius 2 is 1.33 bits per heavy atom. The summed E-state index contributed by atoms with van der Waals surface area (Å²) in [5.74, 6) is -0.107. The molecule has 3 N–H and O–H groups in total. The van der Waals surface area contributed by atoms with Gasteiger partial charge in [-0.15, -0.1) is 0 Å². The average Bonchev–Trinajstić information content (AvgIpc) is 2.41. The highest BCUT2D eigenvalue weighted by Gasteiger charge is 2.32. The Labute approximate surface area is 108 Å². The lowest BCUT2D eigenvalue weighted by atomic mass is 9.78. The zero-order valence-electron chi connectivity index (χ0n) is 10.6. The molecule has 0 amide bonds. The summed E-state index contributed by atoms with van der Waals surface area (Å²) in [5, 5.41) is 10.6. The molecule has 0 aliphatic rings. The first-order valence-electron chi connectivity index (χ1n) is 6.17. The number of nitrogens with two attached hydrogens (primary N) is 1. The predicted molar refractivity (Wildman–Crippen MR) is 74.4 cm³/mol. The maximum Gasteiger partial charge on any atom is 0.0849 e. The molecule has 2 aromatic carbocycles. The minimum absolute atomic E-state index is 0.107. The third kappa shape index (κ3) is 2.61. The second-order valence-corrected chi connectivity index (χ2v) is 4.82. The van der Waals surface area contributed by atoms with Gasteiger partial charge in [0.25, 0.3) is 0 Å². The summed E-state index contributed by atoms with van der Waals surface area (Å²) >= 11 is 0. The molecular formula is C16H19NO. The number of rotatable bonds is 4. The van der Waals surface area contributed by atoms with E-state index in [9.17, 15) is 5.11 Å². The lowest BCUT2D eigenvalue weighted by molar-refractivity contribution is 0.0519. The van der Waals surface area contributed by atoms with Crippen LogP contribution in [0.15, 0.2) is 60.7 Å². The molecule has 0 bridgehead atoms. The van der Waals surface area contributed by atoms with Crippen molar-refractivity contribution >= 4 is 0 Å². The van der Waals surface area contributed by atoms with E-state index in [-0.39, 0.29) is 12.5 Å². The molecule has 0 radical (unpaired) electrons. The van der Waals surface area contributed by atoms with Gasteiger partial charge in [0.1, 0.15) is 0 Å². The van der Waals surface area contributed by atoms with Gasteiger partial charge in [0, 0.05) is 12.5 Å². The Balaban J connectivity index is 2.49. The first-order chi connectivity index (χ1) is 8.65. The maximum absolute atomic E-state index is 10.6. The van der Waals surface area contributed by atoms with Crippen LogP contribution in [0.1, 0.15) is 24.0 Å². The maximum atomic E-state index is 10.6. The van der Waals surface area contributed by atoms with E-state index in [1.165, 1.54) is 0 Å². The normalized spacial score (nSPS) is 14.4. The zero-order chi connectivity index (χ0) is 13.0. The summed E-state index contributed by atoms with van der Waals surface area (Å²) in [7, 11) is 0. The van der Waals surface area contributed by atoms with Gasteiger partial charge in [0.15, 0.2) is 0 Å². The van der Waals surface area contributed by atoms with Crippen LogP contribution in [0.3, 0.4) is 0 Å². The van der Waals surface area contributed by atoms with Crippen molar-refractivity contribution in [2.24, 2.45) is 5.73 Å². The van der Waals surface area contributed by atoms with E-state index in [1.54, 1.807) is 6.92 Å². The van der Waals surface area contributed by atoms with Crippen molar-refractivity contribution in [3.05, 3.63) is 71.8 Å². The molecule has 2 nitrogen and oxygen atoms in total. The minimum atomic E-state index is -0.956. The van der Waals surface area contributed by atoms with E-state index in [4.69, 9.17) is 5.73 Å². The fraction of sp³-hybridized carbons (Fsp3) is 0.250. The molecule has 2 rings (SSSR count). The monoisotopic (exact) mass is 241 g/mol. The van der Waals surface area contributed by atoms with Crippen molar-refractivity contribution < 1.29 is 5.11 Å². The molecule has 1 atom stereocenters. The molecule has 2 aromatic rings. The van der Waals surface area contributed by atoms with Crippen LogP contribution in [0, 0.1) is 0 Å². The van der Waals surface area contributed by atoms with Crippen LogP contribution < -0.4 is 5.73 Å². The van der Waals surface area contributed by atoms with Gasteiger partial charge in [-0.2, -0.15) is 0 Å². The van der Waals surface area contributed by atoms with Crippen molar-refractivity contribution in [2.75, 3.05) is 6.54 Å². The van der Waals surface area contributed by atoms with Gasteiger partial charge in [-0.25, -0.2) is 0 Å². The van der Waals surface area contributed by atoms with Gasteiger partial charge in [-0.05, 0) is 18.1 Å². The molecule has 94 valence electrons. The summed E-state index contributed by atoms with van der Waals surface area (Å²) in [6.45, 7) is 2.01. The smallest absolute Gasteiger partial charge is 0.0849 e. The molecule has 0 fully saturated rings. The second kappa shape index (κ2) is 5.34. The summed E-state index contributed by atoms with van der Waals surface area (Å²) in [4.78, 5) is 0. The van der Waals surface area contributed by atoms with Gasteiger partial charge in [0.05, 0.1) is 5.60 Å².